The van der Waals surface area contributed by atoms with Crippen LogP contribution in [0.15, 0.2) is 24.3 Å². The number of nitrogens with zero attached hydrogens (tertiary/aromatic N) is 1. The van der Waals surface area contributed by atoms with Gasteiger partial charge in [0.1, 0.15) is 0 Å². The third-order valence-corrected chi connectivity index (χ3v) is 6.09. The van der Waals surface area contributed by atoms with E-state index in [1.807, 2.05) is 24.3 Å². The van der Waals surface area contributed by atoms with Crippen LogP contribution in [0.5, 0.6) is 0 Å². The minimum Gasteiger partial charge on any atom is -0.399 e. The quantitative estimate of drug-likeness (QED) is 0.857. The van der Waals surface area contributed by atoms with Crippen molar-refractivity contribution < 1.29 is 4.79 Å². The number of amides is 1. The van der Waals surface area contributed by atoms with Gasteiger partial charge in [0.05, 0.1) is 0 Å². The summed E-state index contributed by atoms with van der Waals surface area (Å²) in [5.41, 5.74) is 7.91. The molecule has 1 aromatic carbocycles. The van der Waals surface area contributed by atoms with Crippen molar-refractivity contribution in [3.63, 3.8) is 0 Å². The molecular weight excluding hydrogens is 308 g/mol. The third-order valence-electron chi connectivity index (χ3n) is 6.09. The first-order valence-electron chi connectivity index (χ1n) is 8.82. The van der Waals surface area contributed by atoms with Gasteiger partial charge in [-0.15, -0.1) is 12.4 Å². The molecule has 2 aliphatic carbocycles. The van der Waals surface area contributed by atoms with Gasteiger partial charge in [0.25, 0.3) is 0 Å². The van der Waals surface area contributed by atoms with E-state index in [1.165, 1.54) is 32.1 Å². The van der Waals surface area contributed by atoms with E-state index in [4.69, 9.17) is 5.73 Å². The summed E-state index contributed by atoms with van der Waals surface area (Å²) in [6.45, 7) is 1.01. The molecule has 2 N–H and O–H groups in total. The van der Waals surface area contributed by atoms with Gasteiger partial charge < -0.3 is 10.6 Å². The van der Waals surface area contributed by atoms with Crippen molar-refractivity contribution in [1.82, 2.24) is 4.90 Å². The predicted octanol–water partition coefficient (Wildman–Crippen LogP) is 3.66. The van der Waals surface area contributed by atoms with Gasteiger partial charge in [-0.3, -0.25) is 4.79 Å². The van der Waals surface area contributed by atoms with Gasteiger partial charge in [0.2, 0.25) is 5.91 Å². The topological polar surface area (TPSA) is 46.3 Å². The van der Waals surface area contributed by atoms with Crippen LogP contribution < -0.4 is 5.73 Å². The molecular formula is C19H27ClN2O. The van der Waals surface area contributed by atoms with E-state index in [0.717, 1.165) is 42.0 Å². The lowest BCUT2D eigenvalue weighted by atomic mass is 9.68. The number of carbonyl (C=O) groups is 1. The lowest BCUT2D eigenvalue weighted by molar-refractivity contribution is -0.134. The summed E-state index contributed by atoms with van der Waals surface area (Å²) in [5, 5.41) is 0. The SMILES string of the molecule is Cl.Nc1ccccc1CCC(=O)N1CC2CC3CC(C2)CC1C3. The van der Waals surface area contributed by atoms with Crippen LogP contribution in [0.3, 0.4) is 0 Å². The first-order valence-corrected chi connectivity index (χ1v) is 8.82. The molecule has 2 saturated carbocycles. The second-order valence-electron chi connectivity index (χ2n) is 7.68. The standard InChI is InChI=1S/C19H26N2O.ClH/c20-18-4-2-1-3-16(18)5-6-19(22)21-12-15-8-13-7-14(9-15)11-17(21)10-13;/h1-4,13-15,17H,5-12,20H2;1H. The summed E-state index contributed by atoms with van der Waals surface area (Å²) < 4.78 is 0. The summed E-state index contributed by atoms with van der Waals surface area (Å²) in [4.78, 5) is 15.0. The van der Waals surface area contributed by atoms with Crippen LogP contribution in [0.4, 0.5) is 5.69 Å². The molecule has 4 bridgehead atoms. The molecule has 2 unspecified atom stereocenters. The van der Waals surface area contributed by atoms with Gasteiger partial charge in [-0.2, -0.15) is 0 Å². The summed E-state index contributed by atoms with van der Waals surface area (Å²) in [6, 6.07) is 8.44. The molecule has 4 aliphatic rings. The van der Waals surface area contributed by atoms with Gasteiger partial charge in [-0.25, -0.2) is 0 Å². The van der Waals surface area contributed by atoms with Crippen LogP contribution in [0, 0.1) is 17.8 Å². The Bertz CT molecular complexity index is 562. The molecule has 2 saturated heterocycles. The zero-order valence-electron chi connectivity index (χ0n) is 13.6. The predicted molar refractivity (Wildman–Crippen MR) is 95.5 cm³/mol. The number of rotatable bonds is 3. The van der Waals surface area contributed by atoms with Crippen LogP contribution in [-0.4, -0.2) is 23.4 Å². The zero-order chi connectivity index (χ0) is 15.1. The maximum Gasteiger partial charge on any atom is 0.223 e. The van der Waals surface area contributed by atoms with Crippen molar-refractivity contribution >= 4 is 24.0 Å². The molecule has 5 rings (SSSR count). The molecule has 2 atom stereocenters. The first kappa shape index (κ1) is 16.6. The highest BCUT2D eigenvalue weighted by molar-refractivity contribution is 5.85. The van der Waals surface area contributed by atoms with Crippen molar-refractivity contribution in [2.24, 2.45) is 17.8 Å². The molecule has 0 radical (unpaired) electrons. The minimum atomic E-state index is 0. The Balaban J connectivity index is 0.00000156. The Morgan fingerprint density at radius 1 is 1.04 bits per heavy atom. The van der Waals surface area contributed by atoms with Crippen LogP contribution in [0.25, 0.3) is 0 Å². The third kappa shape index (κ3) is 3.35. The van der Waals surface area contributed by atoms with E-state index >= 15 is 0 Å². The van der Waals surface area contributed by atoms with E-state index in [1.54, 1.807) is 0 Å². The highest BCUT2D eigenvalue weighted by Gasteiger charge is 2.43. The van der Waals surface area contributed by atoms with Crippen molar-refractivity contribution in [1.29, 1.82) is 0 Å². The molecule has 4 fully saturated rings. The molecule has 2 heterocycles. The summed E-state index contributed by atoms with van der Waals surface area (Å²) in [5.74, 6) is 2.90. The largest absolute Gasteiger partial charge is 0.399 e. The Hall–Kier alpha value is -1.22. The summed E-state index contributed by atoms with van der Waals surface area (Å²) in [6.07, 6.45) is 8.04. The lowest BCUT2D eigenvalue weighted by Gasteiger charge is -2.39. The normalized spacial score (nSPS) is 31.6. The molecule has 1 aromatic rings. The summed E-state index contributed by atoms with van der Waals surface area (Å²) >= 11 is 0. The second kappa shape index (κ2) is 6.72. The van der Waals surface area contributed by atoms with Gasteiger partial charge in [-0.1, -0.05) is 18.2 Å². The average molecular weight is 335 g/mol. The number of nitrogen functional groups attached to an aromatic ring is 1. The van der Waals surface area contributed by atoms with E-state index in [0.29, 0.717) is 18.4 Å². The monoisotopic (exact) mass is 334 g/mol. The Morgan fingerprint density at radius 3 is 2.39 bits per heavy atom. The Morgan fingerprint density at radius 2 is 1.70 bits per heavy atom. The number of halogens is 1. The number of benzene rings is 1. The highest BCUT2D eigenvalue weighted by Crippen LogP contribution is 2.47. The number of nitrogens with two attached hydrogens (primary N) is 1. The van der Waals surface area contributed by atoms with E-state index in [2.05, 4.69) is 4.90 Å². The van der Waals surface area contributed by atoms with Crippen molar-refractivity contribution in [2.45, 2.75) is 51.0 Å². The number of carbonyl (C=O) groups excluding carboxylic acids is 1. The van der Waals surface area contributed by atoms with Crippen LogP contribution in [0.2, 0.25) is 0 Å². The molecule has 23 heavy (non-hydrogen) atoms. The minimum absolute atomic E-state index is 0. The highest BCUT2D eigenvalue weighted by atomic mass is 35.5. The zero-order valence-corrected chi connectivity index (χ0v) is 14.4. The van der Waals surface area contributed by atoms with Crippen molar-refractivity contribution in [2.75, 3.05) is 12.3 Å². The van der Waals surface area contributed by atoms with Crippen molar-refractivity contribution in [3.8, 4) is 0 Å². The molecule has 1 amide bonds. The van der Waals surface area contributed by atoms with Gasteiger partial charge in [0.15, 0.2) is 0 Å². The molecule has 3 nitrogen and oxygen atoms in total. The molecule has 2 aliphatic heterocycles. The van der Waals surface area contributed by atoms with Gasteiger partial charge in [0, 0.05) is 24.7 Å². The molecule has 0 aromatic heterocycles. The lowest BCUT2D eigenvalue weighted by Crippen LogP contribution is -2.42. The van der Waals surface area contributed by atoms with Crippen LogP contribution in [0.1, 0.15) is 44.1 Å². The molecule has 126 valence electrons. The number of hydrogen-bond acceptors (Lipinski definition) is 2. The van der Waals surface area contributed by atoms with Gasteiger partial charge in [-0.05, 0) is 67.9 Å². The number of para-hydroxylation sites is 1. The van der Waals surface area contributed by atoms with E-state index in [-0.39, 0.29) is 12.4 Å². The van der Waals surface area contributed by atoms with E-state index in [9.17, 15) is 4.79 Å². The fourth-order valence-corrected chi connectivity index (χ4v) is 5.24. The Labute approximate surface area is 145 Å². The fraction of sp³-hybridized carbons (Fsp3) is 0.632. The van der Waals surface area contributed by atoms with Crippen LogP contribution >= 0.6 is 12.4 Å². The maximum absolute atomic E-state index is 12.8. The number of anilines is 1. The van der Waals surface area contributed by atoms with E-state index < -0.39 is 0 Å². The fourth-order valence-electron chi connectivity index (χ4n) is 5.24. The van der Waals surface area contributed by atoms with Crippen LogP contribution in [-0.2, 0) is 11.2 Å². The number of aryl methyl sites for hydroxylation is 1. The average Bonchev–Trinajstić information content (AvgIpc) is 2.70. The number of hydrogen-bond donors (Lipinski definition) is 1. The smallest absolute Gasteiger partial charge is 0.223 e. The maximum atomic E-state index is 12.8. The first-order chi connectivity index (χ1) is 10.7. The number of fused-ring (bicyclic) bond motifs is 1. The second-order valence-corrected chi connectivity index (χ2v) is 7.68. The molecule has 0 spiro atoms. The molecule has 4 heteroatoms. The Kier molecular flexibility index (Phi) is 4.86. The van der Waals surface area contributed by atoms with Gasteiger partial charge >= 0.3 is 0 Å². The van der Waals surface area contributed by atoms with Crippen molar-refractivity contribution in [3.05, 3.63) is 29.8 Å². The summed E-state index contributed by atoms with van der Waals surface area (Å²) in [7, 11) is 0.